The molecule has 0 unspecified atom stereocenters. The number of H-pyrrole nitrogens is 2. The van der Waals surface area contributed by atoms with Crippen LogP contribution in [0.4, 0.5) is 5.69 Å². The predicted octanol–water partition coefficient (Wildman–Crippen LogP) is 5.36. The molecule has 6 rings (SSSR count). The lowest BCUT2D eigenvalue weighted by atomic mass is 10.1. The smallest absolute Gasteiger partial charge is 0.224 e. The Bertz CT molecular complexity index is 1700. The fraction of sp³-hybridized carbons (Fsp3) is 0.111. The minimum atomic E-state index is -0.0329. The van der Waals surface area contributed by atoms with E-state index in [1.54, 1.807) is 31.0 Å². The minimum absolute atomic E-state index is 0.0329. The van der Waals surface area contributed by atoms with Gasteiger partial charge in [-0.3, -0.25) is 24.8 Å². The molecule has 3 N–H and O–H groups in total. The highest BCUT2D eigenvalue weighted by Gasteiger charge is 2.16. The minimum Gasteiger partial charge on any atom is -0.338 e. The first-order chi connectivity index (χ1) is 17.7. The van der Waals surface area contributed by atoms with Crippen molar-refractivity contribution in [2.75, 3.05) is 5.32 Å². The Hall–Kier alpha value is -4.92. The van der Waals surface area contributed by atoms with Crippen molar-refractivity contribution in [2.24, 2.45) is 0 Å². The standard InChI is InChI=1S/C27H22N8O/c1-2-5-25(36)32-17-10-16(13-28-14-17)22-12-20-24(15-31-22)34-35-26(20)23-11-19-18(7-9-30-27(19)33-23)21-6-3-4-8-29-21/h3-4,6-15H,2,5H2,1H3,(H,30,33)(H,32,36)(H,34,35). The zero-order valence-corrected chi connectivity index (χ0v) is 19.5. The Morgan fingerprint density at radius 3 is 2.75 bits per heavy atom. The van der Waals surface area contributed by atoms with Gasteiger partial charge in [-0.2, -0.15) is 5.10 Å². The predicted molar refractivity (Wildman–Crippen MR) is 139 cm³/mol. The van der Waals surface area contributed by atoms with E-state index < -0.39 is 0 Å². The van der Waals surface area contributed by atoms with E-state index in [1.807, 2.05) is 49.4 Å². The van der Waals surface area contributed by atoms with Crippen molar-refractivity contribution in [2.45, 2.75) is 19.8 Å². The van der Waals surface area contributed by atoms with Gasteiger partial charge in [0.15, 0.2) is 0 Å². The van der Waals surface area contributed by atoms with Crippen LogP contribution < -0.4 is 5.32 Å². The van der Waals surface area contributed by atoms with Gasteiger partial charge in [0.25, 0.3) is 0 Å². The molecular weight excluding hydrogens is 452 g/mol. The highest BCUT2D eigenvalue weighted by molar-refractivity contribution is 6.00. The fourth-order valence-electron chi connectivity index (χ4n) is 4.28. The van der Waals surface area contributed by atoms with Gasteiger partial charge < -0.3 is 10.3 Å². The molecule has 0 fully saturated rings. The number of hydrogen-bond acceptors (Lipinski definition) is 6. The Morgan fingerprint density at radius 2 is 1.89 bits per heavy atom. The molecule has 1 amide bonds. The van der Waals surface area contributed by atoms with E-state index in [4.69, 9.17) is 0 Å². The summed E-state index contributed by atoms with van der Waals surface area (Å²) in [6.07, 6.45) is 9.93. The van der Waals surface area contributed by atoms with Crippen LogP contribution in [0.2, 0.25) is 0 Å². The number of rotatable bonds is 6. The lowest BCUT2D eigenvalue weighted by Gasteiger charge is -2.06. The van der Waals surface area contributed by atoms with Crippen molar-refractivity contribution >= 4 is 33.5 Å². The molecule has 0 aliphatic carbocycles. The van der Waals surface area contributed by atoms with Gasteiger partial charge in [0.2, 0.25) is 5.91 Å². The number of carbonyl (C=O) groups is 1. The van der Waals surface area contributed by atoms with E-state index >= 15 is 0 Å². The molecule has 0 radical (unpaired) electrons. The number of pyridine rings is 4. The summed E-state index contributed by atoms with van der Waals surface area (Å²) in [6, 6.07) is 13.7. The molecule has 0 saturated carbocycles. The number of amides is 1. The molecule has 0 aliphatic rings. The third kappa shape index (κ3) is 3.96. The number of carbonyl (C=O) groups excluding carboxylic acids is 1. The number of hydrogen-bond donors (Lipinski definition) is 3. The first kappa shape index (κ1) is 21.6. The zero-order valence-electron chi connectivity index (χ0n) is 19.5. The maximum Gasteiger partial charge on any atom is 0.224 e. The molecule has 6 heterocycles. The molecule has 0 aromatic carbocycles. The Morgan fingerprint density at radius 1 is 0.944 bits per heavy atom. The Labute approximate surface area is 206 Å². The molecular formula is C27H22N8O. The molecule has 0 saturated heterocycles. The van der Waals surface area contributed by atoms with Crippen molar-refractivity contribution in [3.05, 3.63) is 73.4 Å². The molecule has 6 aromatic heterocycles. The van der Waals surface area contributed by atoms with Crippen LogP contribution in [-0.2, 0) is 4.79 Å². The van der Waals surface area contributed by atoms with Gasteiger partial charge in [-0.25, -0.2) is 4.98 Å². The SMILES string of the molecule is CCCC(=O)Nc1cncc(-c2cc3c(-c4cc5c(-c6ccccn6)ccnc5[nH]4)n[nH]c3cn2)c1. The van der Waals surface area contributed by atoms with Crippen molar-refractivity contribution in [3.8, 4) is 33.9 Å². The van der Waals surface area contributed by atoms with Gasteiger partial charge >= 0.3 is 0 Å². The number of nitrogens with one attached hydrogen (secondary N) is 3. The van der Waals surface area contributed by atoms with E-state index in [-0.39, 0.29) is 5.91 Å². The second-order valence-electron chi connectivity index (χ2n) is 8.47. The fourth-order valence-corrected chi connectivity index (χ4v) is 4.28. The molecule has 176 valence electrons. The molecule has 9 heteroatoms. The van der Waals surface area contributed by atoms with E-state index in [2.05, 4.69) is 40.4 Å². The molecule has 6 aromatic rings. The maximum absolute atomic E-state index is 12.0. The van der Waals surface area contributed by atoms with Gasteiger partial charge in [0, 0.05) is 46.9 Å². The highest BCUT2D eigenvalue weighted by atomic mass is 16.1. The van der Waals surface area contributed by atoms with Gasteiger partial charge in [-0.15, -0.1) is 0 Å². The second-order valence-corrected chi connectivity index (χ2v) is 8.47. The molecule has 9 nitrogen and oxygen atoms in total. The first-order valence-electron chi connectivity index (χ1n) is 11.7. The van der Waals surface area contributed by atoms with E-state index in [9.17, 15) is 4.79 Å². The second kappa shape index (κ2) is 9.03. The monoisotopic (exact) mass is 474 g/mol. The van der Waals surface area contributed by atoms with Crippen molar-refractivity contribution in [3.63, 3.8) is 0 Å². The molecule has 0 bridgehead atoms. The number of nitrogens with zero attached hydrogens (tertiary/aromatic N) is 5. The summed E-state index contributed by atoms with van der Waals surface area (Å²) in [5.74, 6) is -0.0329. The maximum atomic E-state index is 12.0. The number of aromatic nitrogens is 7. The summed E-state index contributed by atoms with van der Waals surface area (Å²) >= 11 is 0. The largest absolute Gasteiger partial charge is 0.338 e. The van der Waals surface area contributed by atoms with Crippen molar-refractivity contribution in [1.29, 1.82) is 0 Å². The Balaban J connectivity index is 1.40. The molecule has 0 atom stereocenters. The summed E-state index contributed by atoms with van der Waals surface area (Å²) in [5.41, 5.74) is 7.22. The van der Waals surface area contributed by atoms with Crippen molar-refractivity contribution in [1.82, 2.24) is 35.1 Å². The lowest BCUT2D eigenvalue weighted by molar-refractivity contribution is -0.116. The summed E-state index contributed by atoms with van der Waals surface area (Å²) in [6.45, 7) is 1.97. The Kier molecular flexibility index (Phi) is 5.42. The third-order valence-electron chi connectivity index (χ3n) is 5.97. The average molecular weight is 475 g/mol. The van der Waals surface area contributed by atoms with Crippen LogP contribution in [0, 0.1) is 0 Å². The summed E-state index contributed by atoms with van der Waals surface area (Å²) in [4.78, 5) is 33.3. The van der Waals surface area contributed by atoms with Crippen LogP contribution in [0.15, 0.2) is 73.4 Å². The quantitative estimate of drug-likeness (QED) is 0.298. The van der Waals surface area contributed by atoms with Crippen molar-refractivity contribution < 1.29 is 4.79 Å². The normalized spacial score (nSPS) is 11.2. The first-order valence-corrected chi connectivity index (χ1v) is 11.7. The zero-order chi connectivity index (χ0) is 24.5. The number of anilines is 1. The van der Waals surface area contributed by atoms with Crippen LogP contribution >= 0.6 is 0 Å². The molecule has 0 spiro atoms. The summed E-state index contributed by atoms with van der Waals surface area (Å²) < 4.78 is 0. The van der Waals surface area contributed by atoms with Gasteiger partial charge in [-0.1, -0.05) is 13.0 Å². The lowest BCUT2D eigenvalue weighted by Crippen LogP contribution is -2.10. The van der Waals surface area contributed by atoms with E-state index in [0.717, 1.165) is 62.3 Å². The summed E-state index contributed by atoms with van der Waals surface area (Å²) in [7, 11) is 0. The number of fused-ring (bicyclic) bond motifs is 2. The van der Waals surface area contributed by atoms with Gasteiger partial charge in [0.1, 0.15) is 11.3 Å². The van der Waals surface area contributed by atoms with Crippen LogP contribution in [0.1, 0.15) is 19.8 Å². The summed E-state index contributed by atoms with van der Waals surface area (Å²) in [5, 5.41) is 12.4. The van der Waals surface area contributed by atoms with Gasteiger partial charge in [0.05, 0.1) is 40.7 Å². The van der Waals surface area contributed by atoms with Crippen LogP contribution in [0.25, 0.3) is 55.8 Å². The highest BCUT2D eigenvalue weighted by Crippen LogP contribution is 2.33. The number of aromatic amines is 2. The van der Waals surface area contributed by atoms with E-state index in [0.29, 0.717) is 12.1 Å². The molecule has 0 aliphatic heterocycles. The van der Waals surface area contributed by atoms with Gasteiger partial charge in [-0.05, 0) is 42.8 Å². The third-order valence-corrected chi connectivity index (χ3v) is 5.97. The molecule has 36 heavy (non-hydrogen) atoms. The van der Waals surface area contributed by atoms with E-state index in [1.165, 1.54) is 0 Å². The average Bonchev–Trinajstić information content (AvgIpc) is 3.53. The van der Waals surface area contributed by atoms with Crippen LogP contribution in [0.3, 0.4) is 0 Å². The van der Waals surface area contributed by atoms with Crippen LogP contribution in [-0.4, -0.2) is 41.0 Å². The topological polar surface area (TPSA) is 125 Å². The van der Waals surface area contributed by atoms with Crippen LogP contribution in [0.5, 0.6) is 0 Å².